The average molecular weight is 457 g/mol. The number of hydrogen-bond acceptors (Lipinski definition) is 4. The number of piperidine rings is 1. The molecule has 0 bridgehead atoms. The van der Waals surface area contributed by atoms with E-state index in [2.05, 4.69) is 32.7 Å². The maximum atomic E-state index is 12.8. The minimum absolute atomic E-state index is 0.152. The van der Waals surface area contributed by atoms with Crippen molar-refractivity contribution in [1.82, 2.24) is 15.3 Å². The Kier molecular flexibility index (Phi) is 6.33. The van der Waals surface area contributed by atoms with E-state index in [1.54, 1.807) is 18.3 Å². The van der Waals surface area contributed by atoms with Crippen molar-refractivity contribution in [2.45, 2.75) is 19.3 Å². The van der Waals surface area contributed by atoms with Crippen LogP contribution in [0.25, 0.3) is 22.3 Å². The van der Waals surface area contributed by atoms with E-state index >= 15 is 0 Å². The number of rotatable bonds is 5. The maximum absolute atomic E-state index is 12.8. The molecule has 1 saturated heterocycles. The Morgan fingerprint density at radius 3 is 2.55 bits per heavy atom. The number of nitrogens with zero attached hydrogens (tertiary/aromatic N) is 2. The van der Waals surface area contributed by atoms with Crippen molar-refractivity contribution in [3.05, 3.63) is 89.1 Å². The van der Waals surface area contributed by atoms with Gasteiger partial charge in [-0.25, -0.2) is 4.98 Å². The summed E-state index contributed by atoms with van der Waals surface area (Å²) in [4.78, 5) is 22.0. The molecule has 6 heteroatoms. The van der Waals surface area contributed by atoms with Crippen LogP contribution in [0.5, 0.6) is 0 Å². The van der Waals surface area contributed by atoms with Gasteiger partial charge in [-0.2, -0.15) is 0 Å². The van der Waals surface area contributed by atoms with Gasteiger partial charge in [0.05, 0.1) is 27.9 Å². The number of aromatic nitrogens is 2. The molecule has 0 unspecified atom stereocenters. The number of benzene rings is 3. The van der Waals surface area contributed by atoms with E-state index in [4.69, 9.17) is 11.6 Å². The van der Waals surface area contributed by atoms with Gasteiger partial charge in [0, 0.05) is 16.8 Å². The molecule has 0 saturated carbocycles. The van der Waals surface area contributed by atoms with E-state index in [0.717, 1.165) is 42.0 Å². The molecular formula is C27H25ClN4O. The van der Waals surface area contributed by atoms with Crippen LogP contribution in [0.3, 0.4) is 0 Å². The summed E-state index contributed by atoms with van der Waals surface area (Å²) in [5.41, 5.74) is 5.58. The second kappa shape index (κ2) is 9.69. The second-order valence-corrected chi connectivity index (χ2v) is 8.89. The van der Waals surface area contributed by atoms with Crippen LogP contribution in [0.1, 0.15) is 28.8 Å². The molecular weight excluding hydrogens is 432 g/mol. The fourth-order valence-corrected chi connectivity index (χ4v) is 4.52. The minimum Gasteiger partial charge on any atom is -0.322 e. The third kappa shape index (κ3) is 5.05. The number of halogens is 1. The molecule has 4 aromatic rings. The monoisotopic (exact) mass is 456 g/mol. The Morgan fingerprint density at radius 1 is 1.00 bits per heavy atom. The Bertz CT molecular complexity index is 1280. The molecule has 0 aliphatic carbocycles. The van der Waals surface area contributed by atoms with Crippen molar-refractivity contribution < 1.29 is 4.79 Å². The molecule has 1 aliphatic heterocycles. The molecule has 33 heavy (non-hydrogen) atoms. The molecule has 0 atom stereocenters. The number of anilines is 1. The summed E-state index contributed by atoms with van der Waals surface area (Å²) in [7, 11) is 0. The molecule has 166 valence electrons. The summed E-state index contributed by atoms with van der Waals surface area (Å²) in [5, 5.41) is 6.94. The van der Waals surface area contributed by atoms with E-state index in [9.17, 15) is 4.79 Å². The molecule has 2 N–H and O–H groups in total. The highest BCUT2D eigenvalue weighted by Crippen LogP contribution is 2.30. The highest BCUT2D eigenvalue weighted by molar-refractivity contribution is 6.33. The van der Waals surface area contributed by atoms with Crippen LogP contribution in [-0.4, -0.2) is 29.0 Å². The van der Waals surface area contributed by atoms with E-state index in [-0.39, 0.29) is 5.91 Å². The third-order valence-corrected chi connectivity index (χ3v) is 6.48. The van der Waals surface area contributed by atoms with E-state index in [1.807, 2.05) is 42.5 Å². The van der Waals surface area contributed by atoms with Gasteiger partial charge in [0.15, 0.2) is 0 Å². The van der Waals surface area contributed by atoms with Crippen LogP contribution in [0, 0.1) is 5.92 Å². The summed E-state index contributed by atoms with van der Waals surface area (Å²) >= 11 is 6.45. The lowest BCUT2D eigenvalue weighted by Gasteiger charge is -2.22. The summed E-state index contributed by atoms with van der Waals surface area (Å²) < 4.78 is 0. The molecule has 2 heterocycles. The molecule has 0 radical (unpaired) electrons. The van der Waals surface area contributed by atoms with Gasteiger partial charge in [0.25, 0.3) is 5.91 Å². The number of carbonyl (C=O) groups is 1. The molecule has 1 amide bonds. The number of fused-ring (bicyclic) bond motifs is 1. The number of para-hydroxylation sites is 2. The molecule has 1 aromatic heterocycles. The van der Waals surface area contributed by atoms with E-state index in [1.165, 1.54) is 18.4 Å². The lowest BCUT2D eigenvalue weighted by molar-refractivity contribution is 0.102. The molecule has 5 nitrogen and oxygen atoms in total. The third-order valence-electron chi connectivity index (χ3n) is 6.15. The fraction of sp³-hybridized carbons (Fsp3) is 0.222. The van der Waals surface area contributed by atoms with Gasteiger partial charge < -0.3 is 10.6 Å². The van der Waals surface area contributed by atoms with Gasteiger partial charge in [0.2, 0.25) is 0 Å². The van der Waals surface area contributed by atoms with Crippen molar-refractivity contribution in [3.63, 3.8) is 0 Å². The van der Waals surface area contributed by atoms with Crippen molar-refractivity contribution in [2.24, 2.45) is 5.92 Å². The molecule has 0 spiro atoms. The predicted molar refractivity (Wildman–Crippen MR) is 134 cm³/mol. The lowest BCUT2D eigenvalue weighted by atomic mass is 9.91. The summed E-state index contributed by atoms with van der Waals surface area (Å²) in [6.45, 7) is 2.19. The first-order chi connectivity index (χ1) is 16.2. The number of amides is 1. The number of carbonyl (C=O) groups excluding carboxylic acids is 1. The van der Waals surface area contributed by atoms with Crippen LogP contribution < -0.4 is 10.6 Å². The highest BCUT2D eigenvalue weighted by atomic mass is 35.5. The number of hydrogen-bond donors (Lipinski definition) is 2. The standard InChI is InChI=1S/C27H25ClN4O/c28-23-10-9-21(16-22(23)26-17-30-24-3-1-2-4-25(24)32-26)31-27(33)20-7-5-18(6-8-20)15-19-11-13-29-14-12-19/h1-10,16-17,19,29H,11-15H2,(H,31,33). The van der Waals surface area contributed by atoms with Gasteiger partial charge in [-0.1, -0.05) is 35.9 Å². The van der Waals surface area contributed by atoms with Gasteiger partial charge in [-0.3, -0.25) is 9.78 Å². The first-order valence-electron chi connectivity index (χ1n) is 11.3. The zero-order chi connectivity index (χ0) is 22.6. The Balaban J connectivity index is 1.31. The normalized spacial score (nSPS) is 14.3. The summed E-state index contributed by atoms with van der Waals surface area (Å²) in [5.74, 6) is 0.568. The van der Waals surface area contributed by atoms with Crippen molar-refractivity contribution >= 4 is 34.2 Å². The fourth-order valence-electron chi connectivity index (χ4n) is 4.30. The predicted octanol–water partition coefficient (Wildman–Crippen LogP) is 5.74. The van der Waals surface area contributed by atoms with Gasteiger partial charge in [-0.15, -0.1) is 0 Å². The molecule has 5 rings (SSSR count). The lowest BCUT2D eigenvalue weighted by Crippen LogP contribution is -2.28. The highest BCUT2D eigenvalue weighted by Gasteiger charge is 2.15. The largest absolute Gasteiger partial charge is 0.322 e. The topological polar surface area (TPSA) is 66.9 Å². The Hall–Kier alpha value is -3.28. The first-order valence-corrected chi connectivity index (χ1v) is 11.7. The quantitative estimate of drug-likeness (QED) is 0.401. The molecule has 3 aromatic carbocycles. The smallest absolute Gasteiger partial charge is 0.255 e. The van der Waals surface area contributed by atoms with Crippen LogP contribution >= 0.6 is 11.6 Å². The van der Waals surface area contributed by atoms with Crippen molar-refractivity contribution in [3.8, 4) is 11.3 Å². The Labute approximate surface area is 198 Å². The summed E-state index contributed by atoms with van der Waals surface area (Å²) in [6.07, 6.45) is 5.19. The van der Waals surface area contributed by atoms with Crippen molar-refractivity contribution in [2.75, 3.05) is 18.4 Å². The van der Waals surface area contributed by atoms with Crippen LogP contribution in [-0.2, 0) is 6.42 Å². The first kappa shape index (κ1) is 21.6. The van der Waals surface area contributed by atoms with Crippen LogP contribution in [0.15, 0.2) is 72.9 Å². The van der Waals surface area contributed by atoms with Crippen LogP contribution in [0.4, 0.5) is 5.69 Å². The van der Waals surface area contributed by atoms with Gasteiger partial charge >= 0.3 is 0 Å². The van der Waals surface area contributed by atoms with E-state index in [0.29, 0.717) is 22.0 Å². The maximum Gasteiger partial charge on any atom is 0.255 e. The zero-order valence-corrected chi connectivity index (χ0v) is 19.0. The van der Waals surface area contributed by atoms with E-state index < -0.39 is 0 Å². The van der Waals surface area contributed by atoms with Gasteiger partial charge in [-0.05, 0) is 86.3 Å². The average Bonchev–Trinajstić information content (AvgIpc) is 2.86. The molecule has 1 aliphatic rings. The second-order valence-electron chi connectivity index (χ2n) is 8.49. The summed E-state index contributed by atoms with van der Waals surface area (Å²) in [6, 6.07) is 21.0. The van der Waals surface area contributed by atoms with Crippen molar-refractivity contribution in [1.29, 1.82) is 0 Å². The molecule has 1 fully saturated rings. The van der Waals surface area contributed by atoms with Crippen LogP contribution in [0.2, 0.25) is 5.02 Å². The Morgan fingerprint density at radius 2 is 1.76 bits per heavy atom. The minimum atomic E-state index is -0.152. The van der Waals surface area contributed by atoms with Gasteiger partial charge in [0.1, 0.15) is 0 Å². The SMILES string of the molecule is O=C(Nc1ccc(Cl)c(-c2cnc3ccccc3n2)c1)c1ccc(CC2CCNCC2)cc1. The number of nitrogens with one attached hydrogen (secondary N) is 2. The zero-order valence-electron chi connectivity index (χ0n) is 18.2.